The molecule has 1 aromatic rings. The van der Waals surface area contributed by atoms with Crippen LogP contribution in [0.5, 0.6) is 0 Å². The molecule has 5 heteroatoms. The molecule has 0 bridgehead atoms. The second kappa shape index (κ2) is 6.61. The predicted octanol–water partition coefficient (Wildman–Crippen LogP) is 3.35. The molecule has 5 nitrogen and oxygen atoms in total. The topological polar surface area (TPSA) is 69.6 Å². The number of benzene rings is 1. The minimum Gasteiger partial charge on any atom is -0.478 e. The van der Waals surface area contributed by atoms with Crippen molar-refractivity contribution in [3.8, 4) is 0 Å². The standard InChI is InChI=1S/C16H22N2O3/c1-3-12-5-4-8-18(10-12)16(21)17-13-7-6-11(2)14(9-13)15(19)20/h6-7,9,12H,3-5,8,10H2,1-2H3,(H,17,21)(H,19,20). The Hall–Kier alpha value is -2.04. The highest BCUT2D eigenvalue weighted by molar-refractivity contribution is 5.94. The number of urea groups is 1. The van der Waals surface area contributed by atoms with Crippen LogP contribution in [-0.4, -0.2) is 35.1 Å². The lowest BCUT2D eigenvalue weighted by Gasteiger charge is -2.32. The van der Waals surface area contributed by atoms with Crippen LogP contribution >= 0.6 is 0 Å². The van der Waals surface area contributed by atoms with Crippen LogP contribution in [-0.2, 0) is 0 Å². The summed E-state index contributed by atoms with van der Waals surface area (Å²) in [5.74, 6) is -0.412. The molecular formula is C16H22N2O3. The van der Waals surface area contributed by atoms with E-state index >= 15 is 0 Å². The van der Waals surface area contributed by atoms with E-state index in [4.69, 9.17) is 5.11 Å². The maximum Gasteiger partial charge on any atom is 0.336 e. The highest BCUT2D eigenvalue weighted by atomic mass is 16.4. The molecule has 0 spiro atoms. The van der Waals surface area contributed by atoms with Crippen molar-refractivity contribution in [1.29, 1.82) is 0 Å². The van der Waals surface area contributed by atoms with E-state index in [0.29, 0.717) is 17.2 Å². The average molecular weight is 290 g/mol. The summed E-state index contributed by atoms with van der Waals surface area (Å²) in [5.41, 5.74) is 1.43. The van der Waals surface area contributed by atoms with E-state index in [1.54, 1.807) is 19.1 Å². The molecule has 2 N–H and O–H groups in total. The molecule has 1 atom stereocenters. The molecule has 21 heavy (non-hydrogen) atoms. The van der Waals surface area contributed by atoms with Crippen molar-refractivity contribution >= 4 is 17.7 Å². The van der Waals surface area contributed by atoms with Crippen LogP contribution in [0, 0.1) is 12.8 Å². The van der Waals surface area contributed by atoms with Gasteiger partial charge in [-0.3, -0.25) is 0 Å². The number of aromatic carboxylic acids is 1. The molecule has 1 aliphatic rings. The Morgan fingerprint density at radius 1 is 1.43 bits per heavy atom. The minimum absolute atomic E-state index is 0.145. The van der Waals surface area contributed by atoms with Gasteiger partial charge in [-0.25, -0.2) is 9.59 Å². The summed E-state index contributed by atoms with van der Waals surface area (Å²) in [5, 5.41) is 11.9. The monoisotopic (exact) mass is 290 g/mol. The summed E-state index contributed by atoms with van der Waals surface area (Å²) in [7, 11) is 0. The first-order valence-corrected chi connectivity index (χ1v) is 7.41. The second-order valence-corrected chi connectivity index (χ2v) is 5.63. The molecule has 2 rings (SSSR count). The van der Waals surface area contributed by atoms with E-state index in [1.807, 2.05) is 4.90 Å². The molecule has 0 saturated carbocycles. The van der Waals surface area contributed by atoms with E-state index < -0.39 is 5.97 Å². The Labute approximate surface area is 125 Å². The lowest BCUT2D eigenvalue weighted by molar-refractivity contribution is 0.0696. The smallest absolute Gasteiger partial charge is 0.336 e. The minimum atomic E-state index is -0.979. The third-order valence-electron chi connectivity index (χ3n) is 4.10. The number of carboxylic acid groups (broad SMARTS) is 1. The van der Waals surface area contributed by atoms with Gasteiger partial charge < -0.3 is 15.3 Å². The van der Waals surface area contributed by atoms with Gasteiger partial charge in [-0.2, -0.15) is 0 Å². The number of likely N-dealkylation sites (tertiary alicyclic amines) is 1. The molecule has 1 unspecified atom stereocenters. The molecule has 114 valence electrons. The number of nitrogens with zero attached hydrogens (tertiary/aromatic N) is 1. The van der Waals surface area contributed by atoms with E-state index in [9.17, 15) is 9.59 Å². The van der Waals surface area contributed by atoms with Crippen molar-refractivity contribution in [3.63, 3.8) is 0 Å². The third-order valence-corrected chi connectivity index (χ3v) is 4.10. The molecule has 2 amide bonds. The van der Waals surface area contributed by atoms with E-state index in [-0.39, 0.29) is 11.6 Å². The predicted molar refractivity (Wildman–Crippen MR) is 81.7 cm³/mol. The molecule has 0 aromatic heterocycles. The van der Waals surface area contributed by atoms with Gasteiger partial charge >= 0.3 is 12.0 Å². The number of carbonyl (C=O) groups excluding carboxylic acids is 1. The van der Waals surface area contributed by atoms with Gasteiger partial charge in [0.1, 0.15) is 0 Å². The molecule has 1 aromatic carbocycles. The first-order valence-electron chi connectivity index (χ1n) is 7.41. The van der Waals surface area contributed by atoms with Crippen LogP contribution in [0.25, 0.3) is 0 Å². The van der Waals surface area contributed by atoms with Crippen LogP contribution in [0.15, 0.2) is 18.2 Å². The van der Waals surface area contributed by atoms with Crippen molar-refractivity contribution in [1.82, 2.24) is 4.90 Å². The van der Waals surface area contributed by atoms with Crippen LogP contribution in [0.1, 0.15) is 42.1 Å². The molecule has 1 heterocycles. The van der Waals surface area contributed by atoms with Gasteiger partial charge in [0, 0.05) is 18.8 Å². The number of hydrogen-bond acceptors (Lipinski definition) is 2. The van der Waals surface area contributed by atoms with Crippen LogP contribution in [0.4, 0.5) is 10.5 Å². The molecule has 1 aliphatic heterocycles. The van der Waals surface area contributed by atoms with Crippen molar-refractivity contribution in [3.05, 3.63) is 29.3 Å². The Morgan fingerprint density at radius 2 is 2.19 bits per heavy atom. The highest BCUT2D eigenvalue weighted by Crippen LogP contribution is 2.21. The van der Waals surface area contributed by atoms with Gasteiger partial charge in [0.2, 0.25) is 0 Å². The summed E-state index contributed by atoms with van der Waals surface area (Å²) in [6.07, 6.45) is 3.28. The maximum absolute atomic E-state index is 12.3. The lowest BCUT2D eigenvalue weighted by Crippen LogP contribution is -2.42. The second-order valence-electron chi connectivity index (χ2n) is 5.63. The normalized spacial score (nSPS) is 18.4. The van der Waals surface area contributed by atoms with Crippen LogP contribution in [0.3, 0.4) is 0 Å². The van der Waals surface area contributed by atoms with Crippen molar-refractivity contribution in [2.45, 2.75) is 33.1 Å². The summed E-state index contributed by atoms with van der Waals surface area (Å²) in [4.78, 5) is 25.2. The summed E-state index contributed by atoms with van der Waals surface area (Å²) in [6.45, 7) is 5.43. The Morgan fingerprint density at radius 3 is 2.86 bits per heavy atom. The number of anilines is 1. The van der Waals surface area contributed by atoms with Crippen molar-refractivity contribution in [2.24, 2.45) is 5.92 Å². The SMILES string of the molecule is CCC1CCCN(C(=O)Nc2ccc(C)c(C(=O)O)c2)C1. The fraction of sp³-hybridized carbons (Fsp3) is 0.500. The van der Waals surface area contributed by atoms with Crippen LogP contribution in [0.2, 0.25) is 0 Å². The van der Waals surface area contributed by atoms with Gasteiger partial charge in [-0.1, -0.05) is 19.4 Å². The van der Waals surface area contributed by atoms with E-state index in [1.165, 1.54) is 12.5 Å². The van der Waals surface area contributed by atoms with Gasteiger partial charge in [0.25, 0.3) is 0 Å². The molecule has 1 saturated heterocycles. The fourth-order valence-corrected chi connectivity index (χ4v) is 2.72. The molecule has 1 fully saturated rings. The number of hydrogen-bond donors (Lipinski definition) is 2. The Kier molecular flexibility index (Phi) is 4.83. The summed E-state index contributed by atoms with van der Waals surface area (Å²) in [6, 6.07) is 4.82. The Balaban J connectivity index is 2.05. The largest absolute Gasteiger partial charge is 0.478 e. The summed E-state index contributed by atoms with van der Waals surface area (Å²) >= 11 is 0. The van der Waals surface area contributed by atoms with Crippen molar-refractivity contribution < 1.29 is 14.7 Å². The quantitative estimate of drug-likeness (QED) is 0.897. The van der Waals surface area contributed by atoms with Crippen molar-refractivity contribution in [2.75, 3.05) is 18.4 Å². The van der Waals surface area contributed by atoms with Gasteiger partial charge in [-0.05, 0) is 43.4 Å². The molecular weight excluding hydrogens is 268 g/mol. The zero-order valence-corrected chi connectivity index (χ0v) is 12.6. The first-order chi connectivity index (χ1) is 10.0. The molecule has 0 aliphatic carbocycles. The number of rotatable bonds is 3. The number of nitrogens with one attached hydrogen (secondary N) is 1. The number of piperidine rings is 1. The van der Waals surface area contributed by atoms with Gasteiger partial charge in [0.05, 0.1) is 5.56 Å². The fourth-order valence-electron chi connectivity index (χ4n) is 2.72. The van der Waals surface area contributed by atoms with Gasteiger partial charge in [0.15, 0.2) is 0 Å². The zero-order valence-electron chi connectivity index (χ0n) is 12.6. The highest BCUT2D eigenvalue weighted by Gasteiger charge is 2.22. The lowest BCUT2D eigenvalue weighted by atomic mass is 9.96. The number of amides is 2. The number of carbonyl (C=O) groups is 2. The number of aryl methyl sites for hydroxylation is 1. The van der Waals surface area contributed by atoms with Crippen LogP contribution < -0.4 is 5.32 Å². The van der Waals surface area contributed by atoms with E-state index in [0.717, 1.165) is 25.9 Å². The third kappa shape index (κ3) is 3.74. The zero-order chi connectivity index (χ0) is 15.4. The van der Waals surface area contributed by atoms with Gasteiger partial charge in [-0.15, -0.1) is 0 Å². The summed E-state index contributed by atoms with van der Waals surface area (Å²) < 4.78 is 0. The maximum atomic E-state index is 12.3. The first kappa shape index (κ1) is 15.4. The van der Waals surface area contributed by atoms with E-state index in [2.05, 4.69) is 12.2 Å². The number of carboxylic acids is 1. The average Bonchev–Trinajstić information content (AvgIpc) is 2.49. The molecule has 0 radical (unpaired) electrons. The Bertz CT molecular complexity index is 542.